The SMILES string of the molecule is CN(C(=O)OC(C)(C)C)C1CCN(C(=O)CNC(=O)Nc2ccc(Br)cc2)CC1. The van der Waals surface area contributed by atoms with Crippen LogP contribution in [0.1, 0.15) is 33.6 Å². The molecule has 0 atom stereocenters. The number of carbonyl (C=O) groups excluding carboxylic acids is 3. The number of benzene rings is 1. The highest BCUT2D eigenvalue weighted by Gasteiger charge is 2.29. The minimum Gasteiger partial charge on any atom is -0.444 e. The maximum atomic E-state index is 12.4. The van der Waals surface area contributed by atoms with Crippen molar-refractivity contribution in [3.05, 3.63) is 28.7 Å². The third-order valence-electron chi connectivity index (χ3n) is 4.55. The molecule has 0 aromatic heterocycles. The monoisotopic (exact) mass is 468 g/mol. The largest absolute Gasteiger partial charge is 0.444 e. The van der Waals surface area contributed by atoms with Gasteiger partial charge in [-0.15, -0.1) is 0 Å². The second-order valence-electron chi connectivity index (χ2n) is 8.02. The quantitative estimate of drug-likeness (QED) is 0.707. The molecule has 0 aliphatic carbocycles. The summed E-state index contributed by atoms with van der Waals surface area (Å²) in [4.78, 5) is 39.8. The summed E-state index contributed by atoms with van der Waals surface area (Å²) in [5, 5.41) is 5.26. The molecule has 0 spiro atoms. The van der Waals surface area contributed by atoms with E-state index in [9.17, 15) is 14.4 Å². The minimum absolute atomic E-state index is 0.0302. The number of anilines is 1. The zero-order chi connectivity index (χ0) is 21.6. The lowest BCUT2D eigenvalue weighted by molar-refractivity contribution is -0.131. The van der Waals surface area contributed by atoms with Crippen LogP contribution in [-0.4, -0.2) is 66.2 Å². The summed E-state index contributed by atoms with van der Waals surface area (Å²) in [7, 11) is 1.73. The lowest BCUT2D eigenvalue weighted by atomic mass is 10.0. The van der Waals surface area contributed by atoms with E-state index in [0.29, 0.717) is 31.6 Å². The first kappa shape index (κ1) is 23.0. The van der Waals surface area contributed by atoms with Gasteiger partial charge in [0, 0.05) is 36.3 Å². The third-order valence-corrected chi connectivity index (χ3v) is 5.08. The van der Waals surface area contributed by atoms with E-state index in [2.05, 4.69) is 26.6 Å². The number of nitrogens with one attached hydrogen (secondary N) is 2. The Bertz CT molecular complexity index is 725. The maximum Gasteiger partial charge on any atom is 0.410 e. The third kappa shape index (κ3) is 7.56. The average molecular weight is 469 g/mol. The van der Waals surface area contributed by atoms with E-state index in [0.717, 1.165) is 4.47 Å². The fourth-order valence-corrected chi connectivity index (χ4v) is 3.23. The Kier molecular flexibility index (Phi) is 7.89. The number of likely N-dealkylation sites (tertiary alicyclic amines) is 1. The van der Waals surface area contributed by atoms with Gasteiger partial charge in [0.15, 0.2) is 0 Å². The molecular weight excluding hydrogens is 440 g/mol. The molecule has 1 heterocycles. The van der Waals surface area contributed by atoms with Crippen molar-refractivity contribution in [1.82, 2.24) is 15.1 Å². The molecule has 0 saturated carbocycles. The molecule has 1 aromatic rings. The van der Waals surface area contributed by atoms with Gasteiger partial charge in [-0.2, -0.15) is 0 Å². The Morgan fingerprint density at radius 3 is 2.31 bits per heavy atom. The number of halogens is 1. The Balaban J connectivity index is 1.73. The highest BCUT2D eigenvalue weighted by Crippen LogP contribution is 2.18. The van der Waals surface area contributed by atoms with Crippen LogP contribution in [0.2, 0.25) is 0 Å². The molecule has 0 radical (unpaired) electrons. The summed E-state index contributed by atoms with van der Waals surface area (Å²) in [5.41, 5.74) is 0.106. The van der Waals surface area contributed by atoms with Gasteiger partial charge in [-0.05, 0) is 57.9 Å². The number of amides is 4. The molecule has 0 unspecified atom stereocenters. The molecule has 1 aliphatic rings. The van der Waals surface area contributed by atoms with Gasteiger partial charge in [0.25, 0.3) is 0 Å². The number of urea groups is 1. The number of ether oxygens (including phenoxy) is 1. The van der Waals surface area contributed by atoms with Crippen LogP contribution >= 0.6 is 15.9 Å². The molecule has 0 bridgehead atoms. The molecular formula is C20H29BrN4O4. The minimum atomic E-state index is -0.537. The van der Waals surface area contributed by atoms with Gasteiger partial charge in [0.05, 0.1) is 6.54 Å². The van der Waals surface area contributed by atoms with Gasteiger partial charge in [-0.1, -0.05) is 15.9 Å². The van der Waals surface area contributed by atoms with Crippen molar-refractivity contribution in [3.8, 4) is 0 Å². The molecule has 160 valence electrons. The van der Waals surface area contributed by atoms with E-state index in [1.54, 1.807) is 29.0 Å². The summed E-state index contributed by atoms with van der Waals surface area (Å²) in [5.74, 6) is -0.144. The van der Waals surface area contributed by atoms with Gasteiger partial charge in [0.1, 0.15) is 5.60 Å². The molecule has 29 heavy (non-hydrogen) atoms. The molecule has 2 rings (SSSR count). The molecule has 1 saturated heterocycles. The number of carbonyl (C=O) groups is 3. The smallest absolute Gasteiger partial charge is 0.410 e. The highest BCUT2D eigenvalue weighted by molar-refractivity contribution is 9.10. The summed E-state index contributed by atoms with van der Waals surface area (Å²) in [6.07, 6.45) is 0.993. The van der Waals surface area contributed by atoms with Crippen LogP contribution < -0.4 is 10.6 Å². The first-order valence-corrected chi connectivity index (χ1v) is 10.4. The van der Waals surface area contributed by atoms with Crippen LogP contribution in [0.25, 0.3) is 0 Å². The first-order chi connectivity index (χ1) is 13.5. The fraction of sp³-hybridized carbons (Fsp3) is 0.550. The lowest BCUT2D eigenvalue weighted by Gasteiger charge is -2.37. The predicted molar refractivity (Wildman–Crippen MR) is 115 cm³/mol. The normalized spacial score (nSPS) is 14.9. The van der Waals surface area contributed by atoms with Crippen molar-refractivity contribution in [2.24, 2.45) is 0 Å². The number of rotatable bonds is 4. The molecule has 9 heteroatoms. The van der Waals surface area contributed by atoms with Crippen molar-refractivity contribution >= 4 is 39.6 Å². The molecule has 4 amide bonds. The van der Waals surface area contributed by atoms with E-state index in [1.165, 1.54) is 0 Å². The van der Waals surface area contributed by atoms with Gasteiger partial charge in [-0.3, -0.25) is 4.79 Å². The zero-order valence-corrected chi connectivity index (χ0v) is 18.9. The van der Waals surface area contributed by atoms with Crippen molar-refractivity contribution in [3.63, 3.8) is 0 Å². The second kappa shape index (κ2) is 9.96. The molecule has 1 aliphatic heterocycles. The van der Waals surface area contributed by atoms with Crippen LogP contribution in [0.15, 0.2) is 28.7 Å². The number of hydrogen-bond acceptors (Lipinski definition) is 4. The Hall–Kier alpha value is -2.29. The van der Waals surface area contributed by atoms with Gasteiger partial charge in [-0.25, -0.2) is 9.59 Å². The number of piperidine rings is 1. The topological polar surface area (TPSA) is 91.0 Å². The van der Waals surface area contributed by atoms with Crippen molar-refractivity contribution in [2.45, 2.75) is 45.3 Å². The summed E-state index contributed by atoms with van der Waals surface area (Å²) in [6, 6.07) is 6.76. The van der Waals surface area contributed by atoms with Crippen LogP contribution in [0.4, 0.5) is 15.3 Å². The summed E-state index contributed by atoms with van der Waals surface area (Å²) < 4.78 is 6.31. The van der Waals surface area contributed by atoms with Gasteiger partial charge >= 0.3 is 12.1 Å². The van der Waals surface area contributed by atoms with Crippen molar-refractivity contribution in [2.75, 3.05) is 32.0 Å². The van der Waals surface area contributed by atoms with Crippen molar-refractivity contribution in [1.29, 1.82) is 0 Å². The van der Waals surface area contributed by atoms with Gasteiger partial charge in [0.2, 0.25) is 5.91 Å². The standard InChI is InChI=1S/C20H29BrN4O4/c1-20(2,3)29-19(28)24(4)16-9-11-25(12-10-16)17(26)13-22-18(27)23-15-7-5-14(21)6-8-15/h5-8,16H,9-13H2,1-4H3,(H2,22,23,27). The molecule has 1 aromatic carbocycles. The summed E-state index contributed by atoms with van der Waals surface area (Å²) >= 11 is 3.33. The average Bonchev–Trinajstić information content (AvgIpc) is 2.66. The fourth-order valence-electron chi connectivity index (χ4n) is 2.96. The predicted octanol–water partition coefficient (Wildman–Crippen LogP) is 3.43. The van der Waals surface area contributed by atoms with E-state index < -0.39 is 11.6 Å². The first-order valence-electron chi connectivity index (χ1n) is 9.59. The van der Waals surface area contributed by atoms with E-state index >= 15 is 0 Å². The van der Waals surface area contributed by atoms with Crippen LogP contribution in [0, 0.1) is 0 Å². The van der Waals surface area contributed by atoms with Crippen LogP contribution in [0.5, 0.6) is 0 Å². The Morgan fingerprint density at radius 2 is 1.76 bits per heavy atom. The molecule has 8 nitrogen and oxygen atoms in total. The van der Waals surface area contributed by atoms with E-state index in [1.807, 2.05) is 32.9 Å². The van der Waals surface area contributed by atoms with Crippen molar-refractivity contribution < 1.29 is 19.1 Å². The zero-order valence-electron chi connectivity index (χ0n) is 17.3. The maximum absolute atomic E-state index is 12.4. The van der Waals surface area contributed by atoms with E-state index in [-0.39, 0.29) is 24.6 Å². The van der Waals surface area contributed by atoms with Gasteiger partial charge < -0.3 is 25.2 Å². The Morgan fingerprint density at radius 1 is 1.17 bits per heavy atom. The van der Waals surface area contributed by atoms with Crippen LogP contribution in [0.3, 0.4) is 0 Å². The number of hydrogen-bond donors (Lipinski definition) is 2. The van der Waals surface area contributed by atoms with Crippen LogP contribution in [-0.2, 0) is 9.53 Å². The lowest BCUT2D eigenvalue weighted by Crippen LogP contribution is -2.50. The second-order valence-corrected chi connectivity index (χ2v) is 8.93. The number of nitrogens with zero attached hydrogens (tertiary/aromatic N) is 2. The van der Waals surface area contributed by atoms with E-state index in [4.69, 9.17) is 4.74 Å². The molecule has 1 fully saturated rings. The molecule has 2 N–H and O–H groups in total. The Labute approximate surface area is 180 Å². The summed E-state index contributed by atoms with van der Waals surface area (Å²) in [6.45, 7) is 6.49. The highest BCUT2D eigenvalue weighted by atomic mass is 79.9.